The molecule has 3 heterocycles. The molecule has 0 saturated carbocycles. The molecule has 0 radical (unpaired) electrons. The average Bonchev–Trinajstić information content (AvgIpc) is 3.77. The monoisotopic (exact) mass is 1170 g/mol. The minimum Gasteiger partial charge on any atom is -0.398 e. The lowest BCUT2D eigenvalue weighted by Gasteiger charge is -2.15. The van der Waals surface area contributed by atoms with Crippen molar-refractivity contribution in [2.45, 2.75) is 52.4 Å². The van der Waals surface area contributed by atoms with Gasteiger partial charge in [0.1, 0.15) is 6.33 Å². The van der Waals surface area contributed by atoms with Crippen LogP contribution in [0.1, 0.15) is 64.5 Å². The van der Waals surface area contributed by atoms with Crippen LogP contribution < -0.4 is 16.6 Å². The van der Waals surface area contributed by atoms with Gasteiger partial charge in [-0.25, -0.2) is 4.98 Å². The van der Waals surface area contributed by atoms with E-state index in [0.29, 0.717) is 87.2 Å². The van der Waals surface area contributed by atoms with Crippen LogP contribution in [0.4, 0.5) is 49.1 Å². The SMILES string of the molecule is CCOC(OCC)OCC.Nc1cc(-c2ccc(C(F)(F)F)cc2)ccc1C(=O)Nc1ccc(Cl)c(C2=Nc3ccccc3C2)c1.O=c1c2ccc(-c3ccc(C(F)(F)F)cc3)cc2ncn1-c1ccc(Cl)c(C2=Nc3ccccc3C2)c1. The number of ether oxygens (including phenoxy) is 3. The summed E-state index contributed by atoms with van der Waals surface area (Å²) in [5, 5.41) is 4.29. The van der Waals surface area contributed by atoms with Crippen LogP contribution in [-0.4, -0.2) is 53.2 Å². The molecule has 9 aromatic rings. The highest BCUT2D eigenvalue weighted by molar-refractivity contribution is 6.35. The molecule has 0 saturated heterocycles. The zero-order valence-electron chi connectivity index (χ0n) is 44.8. The highest BCUT2D eigenvalue weighted by Crippen LogP contribution is 2.36. The molecule has 0 spiro atoms. The van der Waals surface area contributed by atoms with E-state index in [2.05, 4.69) is 15.3 Å². The molecule has 2 aliphatic heterocycles. The molecule has 11 rings (SSSR count). The number of nitrogens with zero attached hydrogens (tertiary/aromatic N) is 4. The maximum atomic E-state index is 13.4. The van der Waals surface area contributed by atoms with Gasteiger partial charge in [0.05, 0.1) is 56.1 Å². The van der Waals surface area contributed by atoms with Crippen LogP contribution in [0.15, 0.2) is 191 Å². The molecular formula is C64H52Cl2F6N6O5. The third kappa shape index (κ3) is 14.1. The van der Waals surface area contributed by atoms with Crippen molar-refractivity contribution >= 4 is 74.2 Å². The maximum absolute atomic E-state index is 13.4. The first kappa shape index (κ1) is 59.2. The largest absolute Gasteiger partial charge is 0.416 e. The fraction of sp³-hybridized carbons (Fsp3) is 0.172. The quantitative estimate of drug-likeness (QED) is 0.0665. The van der Waals surface area contributed by atoms with Crippen LogP contribution in [-0.2, 0) is 39.4 Å². The summed E-state index contributed by atoms with van der Waals surface area (Å²) in [5.41, 5.74) is 16.0. The zero-order chi connectivity index (χ0) is 59.0. The Bertz CT molecular complexity index is 3950. The minimum atomic E-state index is -4.41. The lowest BCUT2D eigenvalue weighted by atomic mass is 10.0. The number of aromatic nitrogens is 2. The lowest BCUT2D eigenvalue weighted by molar-refractivity contribution is -0.282. The number of nitrogens with one attached hydrogen (secondary N) is 1. The lowest BCUT2D eigenvalue weighted by Crippen LogP contribution is -2.20. The van der Waals surface area contributed by atoms with Crippen molar-refractivity contribution in [1.82, 2.24) is 9.55 Å². The molecule has 11 nitrogen and oxygen atoms in total. The van der Waals surface area contributed by atoms with E-state index in [1.165, 1.54) is 35.2 Å². The second-order valence-corrected chi connectivity index (χ2v) is 19.6. The first-order valence-corrected chi connectivity index (χ1v) is 26.9. The molecule has 424 valence electrons. The molecule has 0 bridgehead atoms. The summed E-state index contributed by atoms with van der Waals surface area (Å²) in [7, 11) is 0. The van der Waals surface area contributed by atoms with Gasteiger partial charge in [0.15, 0.2) is 0 Å². The second kappa shape index (κ2) is 25.8. The van der Waals surface area contributed by atoms with E-state index in [1.807, 2.05) is 75.4 Å². The van der Waals surface area contributed by atoms with Crippen molar-refractivity contribution in [2.24, 2.45) is 9.98 Å². The Morgan fingerprint density at radius 3 is 1.59 bits per heavy atom. The molecule has 8 aromatic carbocycles. The number of aliphatic imine (C=N–C) groups is 2. The first-order valence-electron chi connectivity index (χ1n) is 26.1. The Kier molecular flexibility index (Phi) is 18.4. The Morgan fingerprint density at radius 2 is 1.08 bits per heavy atom. The summed E-state index contributed by atoms with van der Waals surface area (Å²) in [6.07, 6.45) is -6.07. The number of alkyl halides is 6. The molecule has 1 amide bonds. The third-order valence-corrected chi connectivity index (χ3v) is 14.0. The molecule has 3 N–H and O–H groups in total. The highest BCUT2D eigenvalue weighted by Gasteiger charge is 2.31. The predicted molar refractivity (Wildman–Crippen MR) is 315 cm³/mol. The number of benzene rings is 8. The van der Waals surface area contributed by atoms with Crippen LogP contribution in [0.25, 0.3) is 38.8 Å². The molecule has 19 heteroatoms. The fourth-order valence-corrected chi connectivity index (χ4v) is 9.63. The number of fused-ring (bicyclic) bond motifs is 3. The number of hydrogen-bond donors (Lipinski definition) is 2. The Hall–Kier alpha value is -8.45. The number of nitrogens with two attached hydrogens (primary N) is 1. The molecule has 2 aliphatic rings. The van der Waals surface area contributed by atoms with Crippen LogP contribution in [0.3, 0.4) is 0 Å². The van der Waals surface area contributed by atoms with Gasteiger partial charge in [0.25, 0.3) is 17.9 Å². The smallest absolute Gasteiger partial charge is 0.398 e. The van der Waals surface area contributed by atoms with Crippen molar-refractivity contribution in [3.8, 4) is 27.9 Å². The molecule has 0 aliphatic carbocycles. The molecule has 1 aromatic heterocycles. The van der Waals surface area contributed by atoms with E-state index >= 15 is 0 Å². The number of hydrogen-bond acceptors (Lipinski definition) is 9. The van der Waals surface area contributed by atoms with Crippen LogP contribution in [0, 0.1) is 0 Å². The van der Waals surface area contributed by atoms with Gasteiger partial charge < -0.3 is 25.3 Å². The number of amides is 1. The van der Waals surface area contributed by atoms with Gasteiger partial charge in [-0.05, 0) is 151 Å². The summed E-state index contributed by atoms with van der Waals surface area (Å²) in [6.45, 7) is 7.10. The van der Waals surface area contributed by atoms with Gasteiger partial charge in [-0.15, -0.1) is 0 Å². The summed E-state index contributed by atoms with van der Waals surface area (Å²) in [4.78, 5) is 40.2. The van der Waals surface area contributed by atoms with E-state index in [-0.39, 0.29) is 16.8 Å². The van der Waals surface area contributed by atoms with Gasteiger partial charge in [-0.1, -0.05) is 96.0 Å². The van der Waals surface area contributed by atoms with Crippen molar-refractivity contribution in [3.63, 3.8) is 0 Å². The van der Waals surface area contributed by atoms with Gasteiger partial charge in [0.2, 0.25) is 0 Å². The minimum absolute atomic E-state index is 0.203. The van der Waals surface area contributed by atoms with E-state index in [1.54, 1.807) is 66.7 Å². The number of para-hydroxylation sites is 2. The molecule has 83 heavy (non-hydrogen) atoms. The van der Waals surface area contributed by atoms with Gasteiger partial charge in [-0.3, -0.25) is 24.1 Å². The fourth-order valence-electron chi connectivity index (χ4n) is 9.18. The summed E-state index contributed by atoms with van der Waals surface area (Å²) >= 11 is 12.9. The molecule has 0 fully saturated rings. The van der Waals surface area contributed by atoms with E-state index in [9.17, 15) is 35.9 Å². The summed E-state index contributed by atoms with van der Waals surface area (Å²) < 4.78 is 93.8. The van der Waals surface area contributed by atoms with Gasteiger partial charge >= 0.3 is 12.4 Å². The topological polar surface area (TPSA) is 142 Å². The normalized spacial score (nSPS) is 12.6. The van der Waals surface area contributed by atoms with Crippen molar-refractivity contribution < 1.29 is 45.3 Å². The van der Waals surface area contributed by atoms with Crippen LogP contribution in [0.5, 0.6) is 0 Å². The van der Waals surface area contributed by atoms with Crippen LogP contribution in [0.2, 0.25) is 10.0 Å². The number of nitrogen functional groups attached to an aromatic ring is 1. The standard InChI is InChI=1S/C29H17ClF3N3O.C28H19ClF3N3O.C7H16O3/c30-24-12-10-21(15-23(24)27-14-19-3-1-2-4-25(19)35-27)36-16-34-26-13-18(7-11-22(26)28(36)37)17-5-8-20(9-6-17)29(31,32)33;29-23-12-10-20(15-22(23)26-14-18-3-1-2-4-25(18)35-26)34-27(36)21-11-7-17(13-24(21)33)16-5-8-19(9-6-16)28(30,31)32;1-4-8-7(9-5-2)10-6-3/h1-13,15-16H,14H2;1-13,15H,14,33H2,(H,34,36);7H,4-6H2,1-3H3. The predicted octanol–water partition coefficient (Wildman–Crippen LogP) is 16.3. The molecule has 0 atom stereocenters. The van der Waals surface area contributed by atoms with E-state index in [0.717, 1.165) is 69.3 Å². The molecule has 0 unspecified atom stereocenters. The number of halogens is 8. The zero-order valence-corrected chi connectivity index (χ0v) is 46.3. The number of carbonyl (C=O) groups is 1. The maximum Gasteiger partial charge on any atom is 0.416 e. The van der Waals surface area contributed by atoms with Crippen molar-refractivity contribution in [1.29, 1.82) is 0 Å². The number of anilines is 2. The highest BCUT2D eigenvalue weighted by atomic mass is 35.5. The average molecular weight is 1170 g/mol. The van der Waals surface area contributed by atoms with Gasteiger partial charge in [0, 0.05) is 65.2 Å². The van der Waals surface area contributed by atoms with Gasteiger partial charge in [-0.2, -0.15) is 26.3 Å². The Balaban J connectivity index is 0.000000172. The molecular weight excluding hydrogens is 1120 g/mol. The number of carbonyl (C=O) groups excluding carboxylic acids is 1. The second-order valence-electron chi connectivity index (χ2n) is 18.8. The van der Waals surface area contributed by atoms with E-state index < -0.39 is 35.9 Å². The summed E-state index contributed by atoms with van der Waals surface area (Å²) in [5.74, 6) is -0.420. The van der Waals surface area contributed by atoms with Crippen molar-refractivity contribution in [3.05, 3.63) is 236 Å². The summed E-state index contributed by atoms with van der Waals surface area (Å²) in [6, 6.07) is 45.7. The van der Waals surface area contributed by atoms with E-state index in [4.69, 9.17) is 48.1 Å². The van der Waals surface area contributed by atoms with Crippen molar-refractivity contribution in [2.75, 3.05) is 30.9 Å². The third-order valence-electron chi connectivity index (χ3n) is 13.3. The number of rotatable bonds is 13. The first-order chi connectivity index (χ1) is 39.8. The van der Waals surface area contributed by atoms with Crippen LogP contribution >= 0.6 is 23.2 Å². The Morgan fingerprint density at radius 1 is 0.602 bits per heavy atom. The Labute approximate surface area is 483 Å².